The van der Waals surface area contributed by atoms with E-state index >= 15 is 0 Å². The molecule has 3 amide bonds. The molecule has 0 radical (unpaired) electrons. The van der Waals surface area contributed by atoms with Gasteiger partial charge in [0.05, 0.1) is 0 Å². The fourth-order valence-electron chi connectivity index (χ4n) is 1.55. The smallest absolute Gasteiger partial charge is 0.314 e. The van der Waals surface area contributed by atoms with Crippen LogP contribution in [0.1, 0.15) is 25.7 Å². The van der Waals surface area contributed by atoms with E-state index in [0.717, 1.165) is 6.42 Å². The summed E-state index contributed by atoms with van der Waals surface area (Å²) in [5.74, 6) is -0.862. The van der Waals surface area contributed by atoms with Gasteiger partial charge in [0.2, 0.25) is 5.91 Å². The highest BCUT2D eigenvalue weighted by Gasteiger charge is 2.20. The summed E-state index contributed by atoms with van der Waals surface area (Å²) in [7, 11) is 0. The van der Waals surface area contributed by atoms with Gasteiger partial charge >= 0.3 is 12.0 Å². The van der Waals surface area contributed by atoms with Gasteiger partial charge in [0, 0.05) is 32.0 Å². The van der Waals surface area contributed by atoms with Crippen LogP contribution in [0.15, 0.2) is 0 Å². The number of hydrogen-bond acceptors (Lipinski definition) is 3. The molecule has 0 bridgehead atoms. The minimum atomic E-state index is -0.874. The van der Waals surface area contributed by atoms with Crippen LogP contribution in [-0.2, 0) is 9.59 Å². The highest BCUT2D eigenvalue weighted by Crippen LogP contribution is 2.04. The molecule has 96 valence electrons. The van der Waals surface area contributed by atoms with E-state index in [1.807, 2.05) is 0 Å². The van der Waals surface area contributed by atoms with Crippen LogP contribution < -0.4 is 16.0 Å². The van der Waals surface area contributed by atoms with Gasteiger partial charge in [0.25, 0.3) is 0 Å². The van der Waals surface area contributed by atoms with E-state index in [9.17, 15) is 14.4 Å². The van der Waals surface area contributed by atoms with Gasteiger partial charge in [-0.15, -0.1) is 0 Å². The highest BCUT2D eigenvalue weighted by molar-refractivity contribution is 5.79. The van der Waals surface area contributed by atoms with E-state index < -0.39 is 5.97 Å². The quantitative estimate of drug-likeness (QED) is 0.468. The van der Waals surface area contributed by atoms with Crippen molar-refractivity contribution >= 4 is 17.9 Å². The Labute approximate surface area is 98.9 Å². The standard InChI is InChI=1S/C10H17N3O4/c14-8-4-3-7(13-8)6-12-10(17)11-5-1-2-9(15)16/h7H,1-6H2,(H,13,14)(H,15,16)(H2,11,12,17). The number of aliphatic carboxylic acids is 1. The van der Waals surface area contributed by atoms with Gasteiger partial charge in [0.15, 0.2) is 0 Å². The molecule has 1 atom stereocenters. The first kappa shape index (κ1) is 13.3. The Kier molecular flexibility index (Phi) is 5.25. The van der Waals surface area contributed by atoms with Crippen molar-refractivity contribution in [1.29, 1.82) is 0 Å². The van der Waals surface area contributed by atoms with Crippen molar-refractivity contribution in [2.75, 3.05) is 13.1 Å². The molecule has 1 fully saturated rings. The number of nitrogens with one attached hydrogen (secondary N) is 3. The van der Waals surface area contributed by atoms with Crippen molar-refractivity contribution in [3.8, 4) is 0 Å². The van der Waals surface area contributed by atoms with Crippen molar-refractivity contribution in [3.63, 3.8) is 0 Å². The number of hydrogen-bond donors (Lipinski definition) is 4. The molecule has 0 aliphatic carbocycles. The molecule has 0 aromatic rings. The normalized spacial score (nSPS) is 18.6. The topological polar surface area (TPSA) is 108 Å². The molecule has 0 saturated carbocycles. The van der Waals surface area contributed by atoms with E-state index in [1.54, 1.807) is 0 Å². The highest BCUT2D eigenvalue weighted by atomic mass is 16.4. The second-order valence-electron chi connectivity index (χ2n) is 3.94. The Morgan fingerprint density at radius 3 is 2.76 bits per heavy atom. The van der Waals surface area contributed by atoms with Crippen LogP contribution in [0.2, 0.25) is 0 Å². The predicted molar refractivity (Wildman–Crippen MR) is 59.4 cm³/mol. The second kappa shape index (κ2) is 6.72. The molecular weight excluding hydrogens is 226 g/mol. The lowest BCUT2D eigenvalue weighted by molar-refractivity contribution is -0.137. The molecule has 0 aromatic heterocycles. The van der Waals surface area contributed by atoms with Gasteiger partial charge in [-0.3, -0.25) is 9.59 Å². The second-order valence-corrected chi connectivity index (χ2v) is 3.94. The summed E-state index contributed by atoms with van der Waals surface area (Å²) in [4.78, 5) is 32.3. The summed E-state index contributed by atoms with van der Waals surface area (Å²) in [6.07, 6.45) is 1.69. The molecule has 7 nitrogen and oxygen atoms in total. The van der Waals surface area contributed by atoms with E-state index in [-0.39, 0.29) is 24.4 Å². The average Bonchev–Trinajstić information content (AvgIpc) is 2.67. The third-order valence-corrected chi connectivity index (χ3v) is 2.45. The molecule has 7 heteroatoms. The first-order valence-corrected chi connectivity index (χ1v) is 5.61. The monoisotopic (exact) mass is 243 g/mol. The first-order valence-electron chi connectivity index (χ1n) is 5.61. The maximum absolute atomic E-state index is 11.2. The van der Waals surface area contributed by atoms with Gasteiger partial charge in [-0.05, 0) is 12.8 Å². The zero-order valence-electron chi connectivity index (χ0n) is 9.49. The van der Waals surface area contributed by atoms with Crippen LogP contribution in [-0.4, -0.2) is 42.1 Å². The van der Waals surface area contributed by atoms with E-state index in [0.29, 0.717) is 25.9 Å². The Bertz CT molecular complexity index is 306. The molecule has 1 rings (SSSR count). The van der Waals surface area contributed by atoms with Crippen molar-refractivity contribution in [2.24, 2.45) is 0 Å². The van der Waals surface area contributed by atoms with Crippen LogP contribution in [0, 0.1) is 0 Å². The molecule has 4 N–H and O–H groups in total. The van der Waals surface area contributed by atoms with Crippen LogP contribution in [0.4, 0.5) is 4.79 Å². The molecule has 1 aliphatic rings. The Morgan fingerprint density at radius 1 is 1.41 bits per heavy atom. The summed E-state index contributed by atoms with van der Waals surface area (Å²) in [6, 6.07) is -0.330. The van der Waals surface area contributed by atoms with Crippen molar-refractivity contribution in [3.05, 3.63) is 0 Å². The van der Waals surface area contributed by atoms with Gasteiger partial charge in [-0.1, -0.05) is 0 Å². The number of carbonyl (C=O) groups is 3. The van der Waals surface area contributed by atoms with Gasteiger partial charge in [0.1, 0.15) is 0 Å². The third kappa shape index (κ3) is 5.74. The van der Waals surface area contributed by atoms with Gasteiger partial charge in [-0.2, -0.15) is 0 Å². The lowest BCUT2D eigenvalue weighted by atomic mass is 10.2. The predicted octanol–water partition coefficient (Wildman–Crippen LogP) is -0.571. The summed E-state index contributed by atoms with van der Waals surface area (Å²) in [5, 5.41) is 16.3. The van der Waals surface area contributed by atoms with Crippen molar-refractivity contribution in [2.45, 2.75) is 31.7 Å². The SMILES string of the molecule is O=C(O)CCCNC(=O)NCC1CCC(=O)N1. The Hall–Kier alpha value is -1.79. The molecule has 0 spiro atoms. The summed E-state index contributed by atoms with van der Waals surface area (Å²) >= 11 is 0. The fraction of sp³-hybridized carbons (Fsp3) is 0.700. The van der Waals surface area contributed by atoms with Gasteiger partial charge in [-0.25, -0.2) is 4.79 Å². The minimum absolute atomic E-state index is 0.00673. The Morgan fingerprint density at radius 2 is 2.18 bits per heavy atom. The summed E-state index contributed by atoms with van der Waals surface area (Å²) in [6.45, 7) is 0.728. The minimum Gasteiger partial charge on any atom is -0.481 e. The maximum atomic E-state index is 11.2. The van der Waals surface area contributed by atoms with E-state index in [1.165, 1.54) is 0 Å². The molecule has 1 aliphatic heterocycles. The number of amides is 3. The van der Waals surface area contributed by atoms with Crippen molar-refractivity contribution < 1.29 is 19.5 Å². The number of carboxylic acids is 1. The third-order valence-electron chi connectivity index (χ3n) is 2.45. The van der Waals surface area contributed by atoms with Crippen LogP contribution in [0.3, 0.4) is 0 Å². The number of rotatable bonds is 6. The molecule has 17 heavy (non-hydrogen) atoms. The Balaban J connectivity index is 2.01. The molecule has 0 aromatic carbocycles. The van der Waals surface area contributed by atoms with Gasteiger partial charge < -0.3 is 21.1 Å². The summed E-state index contributed by atoms with van der Waals surface area (Å²) in [5.41, 5.74) is 0. The lowest BCUT2D eigenvalue weighted by Crippen LogP contribution is -2.43. The van der Waals surface area contributed by atoms with Crippen LogP contribution >= 0.6 is 0 Å². The molecule has 1 unspecified atom stereocenters. The number of urea groups is 1. The maximum Gasteiger partial charge on any atom is 0.314 e. The first-order chi connectivity index (χ1) is 8.08. The largest absolute Gasteiger partial charge is 0.481 e. The molecule has 1 saturated heterocycles. The summed E-state index contributed by atoms with van der Waals surface area (Å²) < 4.78 is 0. The van der Waals surface area contributed by atoms with Crippen molar-refractivity contribution in [1.82, 2.24) is 16.0 Å². The molecule has 1 heterocycles. The van der Waals surface area contributed by atoms with Crippen LogP contribution in [0.25, 0.3) is 0 Å². The molecular formula is C10H17N3O4. The van der Waals surface area contributed by atoms with Crippen LogP contribution in [0.5, 0.6) is 0 Å². The lowest BCUT2D eigenvalue weighted by Gasteiger charge is -2.11. The number of carbonyl (C=O) groups excluding carboxylic acids is 2. The zero-order valence-corrected chi connectivity index (χ0v) is 9.49. The zero-order chi connectivity index (χ0) is 12.7. The average molecular weight is 243 g/mol. The van der Waals surface area contributed by atoms with E-state index in [2.05, 4.69) is 16.0 Å². The number of carboxylic acid groups (broad SMARTS) is 1. The fourth-order valence-corrected chi connectivity index (χ4v) is 1.55. The van der Waals surface area contributed by atoms with E-state index in [4.69, 9.17) is 5.11 Å².